The van der Waals surface area contributed by atoms with E-state index in [2.05, 4.69) is 43.1 Å². The lowest BCUT2D eigenvalue weighted by Gasteiger charge is -2.03. The number of aromatic nitrogens is 1. The van der Waals surface area contributed by atoms with Crippen molar-refractivity contribution >= 4 is 21.9 Å². The minimum absolute atomic E-state index is 0.917. The smallest absolute Gasteiger partial charge is 0.144 e. The van der Waals surface area contributed by atoms with Gasteiger partial charge in [0.25, 0.3) is 0 Å². The molecule has 0 saturated carbocycles. The summed E-state index contributed by atoms with van der Waals surface area (Å²) in [6, 6.07) is 16.6. The quantitative estimate of drug-likeness (QED) is 0.472. The van der Waals surface area contributed by atoms with E-state index < -0.39 is 0 Å². The molecule has 0 amide bonds. The van der Waals surface area contributed by atoms with Crippen LogP contribution in [0.3, 0.4) is 0 Å². The average Bonchev–Trinajstić information content (AvgIpc) is 2.85. The Labute approximate surface area is 123 Å². The molecule has 0 unspecified atom stereocenters. The zero-order chi connectivity index (χ0) is 14.4. The van der Waals surface area contributed by atoms with Crippen LogP contribution in [0.15, 0.2) is 59.1 Å². The average molecular weight is 273 g/mol. The van der Waals surface area contributed by atoms with Gasteiger partial charge in [0.2, 0.25) is 0 Å². The Balaban J connectivity index is 2.15. The second kappa shape index (κ2) is 4.45. The SMILES string of the molecule is Cc1ccc2oc3c(-c4ccccn4)cc(C)cc3c2c1. The number of rotatable bonds is 1. The summed E-state index contributed by atoms with van der Waals surface area (Å²) in [6.07, 6.45) is 1.82. The van der Waals surface area contributed by atoms with E-state index in [-0.39, 0.29) is 0 Å². The molecule has 0 bridgehead atoms. The van der Waals surface area contributed by atoms with E-state index in [1.807, 2.05) is 30.5 Å². The molecule has 21 heavy (non-hydrogen) atoms. The van der Waals surface area contributed by atoms with Crippen molar-refractivity contribution in [1.29, 1.82) is 0 Å². The van der Waals surface area contributed by atoms with Gasteiger partial charge >= 0.3 is 0 Å². The van der Waals surface area contributed by atoms with Crippen LogP contribution >= 0.6 is 0 Å². The molecule has 4 rings (SSSR count). The summed E-state index contributed by atoms with van der Waals surface area (Å²) in [4.78, 5) is 4.47. The Morgan fingerprint density at radius 1 is 0.857 bits per heavy atom. The van der Waals surface area contributed by atoms with Crippen molar-refractivity contribution in [3.05, 3.63) is 65.9 Å². The summed E-state index contributed by atoms with van der Waals surface area (Å²) in [5, 5.41) is 2.33. The molecule has 0 saturated heterocycles. The summed E-state index contributed by atoms with van der Waals surface area (Å²) in [7, 11) is 0. The van der Waals surface area contributed by atoms with Crippen molar-refractivity contribution in [1.82, 2.24) is 4.98 Å². The van der Waals surface area contributed by atoms with Crippen molar-refractivity contribution in [3.63, 3.8) is 0 Å². The van der Waals surface area contributed by atoms with E-state index in [0.717, 1.165) is 27.8 Å². The fourth-order valence-electron chi connectivity index (χ4n) is 2.85. The van der Waals surface area contributed by atoms with Crippen LogP contribution in [0.1, 0.15) is 11.1 Å². The highest BCUT2D eigenvalue weighted by atomic mass is 16.3. The van der Waals surface area contributed by atoms with Crippen molar-refractivity contribution in [2.24, 2.45) is 0 Å². The molecule has 2 heterocycles. The van der Waals surface area contributed by atoms with Crippen LogP contribution in [0.4, 0.5) is 0 Å². The monoisotopic (exact) mass is 273 g/mol. The molecule has 0 aliphatic heterocycles. The molecule has 0 aliphatic carbocycles. The van der Waals surface area contributed by atoms with Crippen LogP contribution in [0.2, 0.25) is 0 Å². The zero-order valence-corrected chi connectivity index (χ0v) is 12.1. The second-order valence-corrected chi connectivity index (χ2v) is 5.51. The first-order valence-corrected chi connectivity index (χ1v) is 7.07. The number of hydrogen-bond donors (Lipinski definition) is 0. The molecule has 0 fully saturated rings. The number of furan rings is 1. The number of nitrogens with zero attached hydrogens (tertiary/aromatic N) is 1. The first-order chi connectivity index (χ1) is 10.2. The second-order valence-electron chi connectivity index (χ2n) is 5.51. The fraction of sp³-hybridized carbons (Fsp3) is 0.105. The van der Waals surface area contributed by atoms with Crippen LogP contribution < -0.4 is 0 Å². The number of pyridine rings is 1. The maximum Gasteiger partial charge on any atom is 0.144 e. The summed E-state index contributed by atoms with van der Waals surface area (Å²) in [5.41, 5.74) is 6.30. The van der Waals surface area contributed by atoms with Gasteiger partial charge in [-0.05, 0) is 55.8 Å². The minimum Gasteiger partial charge on any atom is -0.455 e. The number of aryl methyl sites for hydroxylation is 2. The summed E-state index contributed by atoms with van der Waals surface area (Å²) in [5.74, 6) is 0. The van der Waals surface area contributed by atoms with Gasteiger partial charge < -0.3 is 4.42 Å². The molecule has 102 valence electrons. The maximum absolute atomic E-state index is 6.11. The molecule has 2 nitrogen and oxygen atoms in total. The van der Waals surface area contributed by atoms with Gasteiger partial charge in [-0.3, -0.25) is 4.98 Å². The topological polar surface area (TPSA) is 26.0 Å². The van der Waals surface area contributed by atoms with E-state index in [9.17, 15) is 0 Å². The van der Waals surface area contributed by atoms with E-state index in [0.29, 0.717) is 0 Å². The zero-order valence-electron chi connectivity index (χ0n) is 12.1. The van der Waals surface area contributed by atoms with Gasteiger partial charge in [-0.2, -0.15) is 0 Å². The Bertz CT molecular complexity index is 952. The first kappa shape index (κ1) is 12.2. The van der Waals surface area contributed by atoms with Gasteiger partial charge in [0.1, 0.15) is 11.2 Å². The number of benzene rings is 2. The molecule has 0 N–H and O–H groups in total. The van der Waals surface area contributed by atoms with Crippen LogP contribution in [-0.4, -0.2) is 4.98 Å². The van der Waals surface area contributed by atoms with Gasteiger partial charge in [-0.1, -0.05) is 17.7 Å². The van der Waals surface area contributed by atoms with Crippen LogP contribution in [0, 0.1) is 13.8 Å². The summed E-state index contributed by atoms with van der Waals surface area (Å²) >= 11 is 0. The van der Waals surface area contributed by atoms with Gasteiger partial charge in [0.05, 0.1) is 5.69 Å². The molecule has 2 aromatic heterocycles. The van der Waals surface area contributed by atoms with Crippen molar-refractivity contribution < 1.29 is 4.42 Å². The van der Waals surface area contributed by atoms with Crippen molar-refractivity contribution in [2.45, 2.75) is 13.8 Å². The lowest BCUT2D eigenvalue weighted by Crippen LogP contribution is -1.84. The Morgan fingerprint density at radius 3 is 2.52 bits per heavy atom. The lowest BCUT2D eigenvalue weighted by atomic mass is 10.0. The summed E-state index contributed by atoms with van der Waals surface area (Å²) in [6.45, 7) is 4.22. The third-order valence-electron chi connectivity index (χ3n) is 3.81. The van der Waals surface area contributed by atoms with E-state index in [4.69, 9.17) is 4.42 Å². The molecule has 2 aromatic carbocycles. The fourth-order valence-corrected chi connectivity index (χ4v) is 2.85. The Hall–Kier alpha value is -2.61. The van der Waals surface area contributed by atoms with Crippen molar-refractivity contribution in [3.8, 4) is 11.3 Å². The highest BCUT2D eigenvalue weighted by Crippen LogP contribution is 2.36. The van der Waals surface area contributed by atoms with Crippen LogP contribution in [-0.2, 0) is 0 Å². The predicted octanol–water partition coefficient (Wildman–Crippen LogP) is 5.26. The van der Waals surface area contributed by atoms with E-state index >= 15 is 0 Å². The van der Waals surface area contributed by atoms with E-state index in [1.54, 1.807) is 0 Å². The van der Waals surface area contributed by atoms with Gasteiger partial charge in [0, 0.05) is 22.5 Å². The van der Waals surface area contributed by atoms with Gasteiger partial charge in [-0.15, -0.1) is 0 Å². The molecule has 0 aliphatic rings. The highest BCUT2D eigenvalue weighted by Gasteiger charge is 2.13. The van der Waals surface area contributed by atoms with E-state index in [1.165, 1.54) is 16.5 Å². The molecular formula is C19H15NO. The van der Waals surface area contributed by atoms with Crippen LogP contribution in [0.25, 0.3) is 33.2 Å². The maximum atomic E-state index is 6.11. The third kappa shape index (κ3) is 1.91. The normalized spacial score (nSPS) is 11.3. The molecule has 2 heteroatoms. The van der Waals surface area contributed by atoms with Gasteiger partial charge in [0.15, 0.2) is 0 Å². The molecule has 4 aromatic rings. The molecule has 0 spiro atoms. The summed E-state index contributed by atoms with van der Waals surface area (Å²) < 4.78 is 6.11. The number of fused-ring (bicyclic) bond motifs is 3. The van der Waals surface area contributed by atoms with Crippen LogP contribution in [0.5, 0.6) is 0 Å². The van der Waals surface area contributed by atoms with Crippen molar-refractivity contribution in [2.75, 3.05) is 0 Å². The Kier molecular flexibility index (Phi) is 2.58. The molecule has 0 atom stereocenters. The Morgan fingerprint density at radius 2 is 1.71 bits per heavy atom. The molecule has 0 radical (unpaired) electrons. The highest BCUT2D eigenvalue weighted by molar-refractivity contribution is 6.09. The van der Waals surface area contributed by atoms with Gasteiger partial charge in [-0.25, -0.2) is 0 Å². The standard InChI is InChI=1S/C19H15NO/c1-12-6-7-18-14(9-12)15-10-13(2)11-16(19(15)21-18)17-5-3-4-8-20-17/h3-11H,1-2H3. The number of hydrogen-bond acceptors (Lipinski definition) is 2. The minimum atomic E-state index is 0.917. The lowest BCUT2D eigenvalue weighted by molar-refractivity contribution is 0.669. The predicted molar refractivity (Wildman–Crippen MR) is 86.4 cm³/mol. The molecular weight excluding hydrogens is 258 g/mol. The first-order valence-electron chi connectivity index (χ1n) is 7.07. The largest absolute Gasteiger partial charge is 0.455 e. The third-order valence-corrected chi connectivity index (χ3v) is 3.81.